The van der Waals surface area contributed by atoms with Crippen LogP contribution in [0, 0.1) is 5.92 Å². The van der Waals surface area contributed by atoms with Crippen molar-refractivity contribution in [2.75, 3.05) is 39.8 Å². The molecule has 0 saturated carbocycles. The van der Waals surface area contributed by atoms with Crippen LogP contribution in [0.1, 0.15) is 33.1 Å². The zero-order valence-electron chi connectivity index (χ0n) is 13.1. The fraction of sp³-hybridized carbons (Fsp3) is 0.933. The van der Waals surface area contributed by atoms with Crippen molar-refractivity contribution in [1.82, 2.24) is 15.1 Å². The van der Waals surface area contributed by atoms with Crippen molar-refractivity contribution in [1.29, 1.82) is 0 Å². The lowest BCUT2D eigenvalue weighted by atomic mass is 9.92. The Morgan fingerprint density at radius 2 is 1.95 bits per heavy atom. The monoisotopic (exact) mass is 283 g/mol. The third-order valence-corrected chi connectivity index (χ3v) is 4.58. The number of hydrogen-bond donors (Lipinski definition) is 1. The number of carbonyl (C=O) groups is 1. The fourth-order valence-electron chi connectivity index (χ4n) is 3.35. The van der Waals surface area contributed by atoms with E-state index < -0.39 is 0 Å². The molecule has 2 atom stereocenters. The molecule has 2 unspecified atom stereocenters. The van der Waals surface area contributed by atoms with E-state index >= 15 is 0 Å². The molecule has 0 aromatic carbocycles. The van der Waals surface area contributed by atoms with E-state index in [4.69, 9.17) is 4.74 Å². The number of carbonyl (C=O) groups excluding carboxylic acids is 1. The van der Waals surface area contributed by atoms with Crippen molar-refractivity contribution in [3.05, 3.63) is 0 Å². The lowest BCUT2D eigenvalue weighted by molar-refractivity contribution is 0.0903. The molecule has 0 aromatic rings. The summed E-state index contributed by atoms with van der Waals surface area (Å²) in [4.78, 5) is 15.9. The first-order valence-corrected chi connectivity index (χ1v) is 7.96. The number of likely N-dealkylation sites (tertiary alicyclic amines) is 2. The predicted molar refractivity (Wildman–Crippen MR) is 79.8 cm³/mol. The molecule has 2 heterocycles. The second kappa shape index (κ2) is 7.27. The molecule has 2 aliphatic heterocycles. The summed E-state index contributed by atoms with van der Waals surface area (Å²) in [6, 6.07) is 1.18. The minimum atomic E-state index is -0.154. The molecule has 1 N–H and O–H groups in total. The molecule has 116 valence electrons. The zero-order chi connectivity index (χ0) is 14.5. The molecular weight excluding hydrogens is 254 g/mol. The van der Waals surface area contributed by atoms with Crippen molar-refractivity contribution in [2.24, 2.45) is 5.92 Å². The van der Waals surface area contributed by atoms with Gasteiger partial charge in [0.1, 0.15) is 0 Å². The minimum absolute atomic E-state index is 0.154. The molecular formula is C15H29N3O2. The second-order valence-corrected chi connectivity index (χ2v) is 6.26. The van der Waals surface area contributed by atoms with Gasteiger partial charge in [-0.3, -0.25) is 0 Å². The van der Waals surface area contributed by atoms with Gasteiger partial charge in [0.25, 0.3) is 0 Å². The Morgan fingerprint density at radius 1 is 1.25 bits per heavy atom. The quantitative estimate of drug-likeness (QED) is 0.853. The first-order valence-electron chi connectivity index (χ1n) is 7.96. The van der Waals surface area contributed by atoms with Gasteiger partial charge in [0.05, 0.1) is 6.61 Å². The number of hydrogen-bond acceptors (Lipinski definition) is 4. The summed E-state index contributed by atoms with van der Waals surface area (Å²) in [6.45, 7) is 8.65. The van der Waals surface area contributed by atoms with Crippen LogP contribution in [-0.2, 0) is 4.74 Å². The Kier molecular flexibility index (Phi) is 5.66. The van der Waals surface area contributed by atoms with Gasteiger partial charge in [-0.25, -0.2) is 4.79 Å². The second-order valence-electron chi connectivity index (χ2n) is 6.26. The maximum Gasteiger partial charge on any atom is 0.409 e. The van der Waals surface area contributed by atoms with Crippen molar-refractivity contribution < 1.29 is 9.53 Å². The van der Waals surface area contributed by atoms with E-state index in [0.29, 0.717) is 24.6 Å². The third-order valence-electron chi connectivity index (χ3n) is 4.58. The normalized spacial score (nSPS) is 29.4. The van der Waals surface area contributed by atoms with E-state index in [2.05, 4.69) is 24.2 Å². The molecule has 2 fully saturated rings. The highest BCUT2D eigenvalue weighted by Crippen LogP contribution is 2.19. The number of nitrogens with zero attached hydrogens (tertiary/aromatic N) is 2. The van der Waals surface area contributed by atoms with Crippen LogP contribution in [0.15, 0.2) is 0 Å². The highest BCUT2D eigenvalue weighted by molar-refractivity contribution is 5.67. The SMILES string of the molecule is CCOC(=O)N1CCC(NC2CCN(C)CC2C)CC1. The van der Waals surface area contributed by atoms with Crippen LogP contribution in [-0.4, -0.2) is 67.8 Å². The summed E-state index contributed by atoms with van der Waals surface area (Å²) in [5, 5.41) is 3.81. The van der Waals surface area contributed by atoms with Gasteiger partial charge in [-0.2, -0.15) is 0 Å². The number of piperidine rings is 2. The van der Waals surface area contributed by atoms with Crippen LogP contribution in [0.25, 0.3) is 0 Å². The van der Waals surface area contributed by atoms with Gasteiger partial charge >= 0.3 is 6.09 Å². The van der Waals surface area contributed by atoms with Gasteiger partial charge in [0, 0.05) is 31.7 Å². The van der Waals surface area contributed by atoms with Gasteiger partial charge in [0.2, 0.25) is 0 Å². The summed E-state index contributed by atoms with van der Waals surface area (Å²) in [5.41, 5.74) is 0. The molecule has 5 heteroatoms. The molecule has 2 saturated heterocycles. The summed E-state index contributed by atoms with van der Waals surface area (Å²) in [6.07, 6.45) is 3.16. The van der Waals surface area contributed by atoms with E-state index in [0.717, 1.165) is 25.9 Å². The Labute approximate surface area is 122 Å². The van der Waals surface area contributed by atoms with Crippen LogP contribution < -0.4 is 5.32 Å². The molecule has 20 heavy (non-hydrogen) atoms. The zero-order valence-corrected chi connectivity index (χ0v) is 13.1. The molecule has 0 radical (unpaired) electrons. The first-order chi connectivity index (χ1) is 9.60. The van der Waals surface area contributed by atoms with Crippen molar-refractivity contribution >= 4 is 6.09 Å². The maximum absolute atomic E-state index is 11.7. The van der Waals surface area contributed by atoms with Crippen LogP contribution in [0.3, 0.4) is 0 Å². The molecule has 0 spiro atoms. The lowest BCUT2D eigenvalue weighted by Gasteiger charge is -2.39. The molecule has 0 bridgehead atoms. The lowest BCUT2D eigenvalue weighted by Crippen LogP contribution is -2.53. The van der Waals surface area contributed by atoms with Gasteiger partial charge in [-0.05, 0) is 45.7 Å². The largest absolute Gasteiger partial charge is 0.450 e. The standard InChI is InChI=1S/C15H29N3O2/c1-4-20-15(19)18-9-5-13(6-10-18)16-14-7-8-17(3)11-12(14)2/h12-14,16H,4-11H2,1-3H3. The Balaban J connectivity index is 1.73. The van der Waals surface area contributed by atoms with Crippen molar-refractivity contribution in [3.8, 4) is 0 Å². The minimum Gasteiger partial charge on any atom is -0.450 e. The van der Waals surface area contributed by atoms with E-state index in [9.17, 15) is 4.79 Å². The number of ether oxygens (including phenoxy) is 1. The van der Waals surface area contributed by atoms with E-state index in [1.165, 1.54) is 19.5 Å². The molecule has 0 aliphatic carbocycles. The van der Waals surface area contributed by atoms with Gasteiger partial charge < -0.3 is 19.9 Å². The van der Waals surface area contributed by atoms with E-state index in [1.807, 2.05) is 11.8 Å². The molecule has 5 nitrogen and oxygen atoms in total. The van der Waals surface area contributed by atoms with Gasteiger partial charge in [-0.1, -0.05) is 6.92 Å². The van der Waals surface area contributed by atoms with Crippen LogP contribution >= 0.6 is 0 Å². The van der Waals surface area contributed by atoms with Crippen LogP contribution in [0.2, 0.25) is 0 Å². The van der Waals surface area contributed by atoms with Crippen molar-refractivity contribution in [3.63, 3.8) is 0 Å². The Morgan fingerprint density at radius 3 is 2.55 bits per heavy atom. The van der Waals surface area contributed by atoms with Crippen molar-refractivity contribution in [2.45, 2.75) is 45.2 Å². The summed E-state index contributed by atoms with van der Waals surface area (Å²) in [7, 11) is 2.20. The fourth-order valence-corrected chi connectivity index (χ4v) is 3.35. The third kappa shape index (κ3) is 4.09. The average molecular weight is 283 g/mol. The smallest absolute Gasteiger partial charge is 0.409 e. The number of nitrogens with one attached hydrogen (secondary N) is 1. The average Bonchev–Trinajstić information content (AvgIpc) is 2.43. The first kappa shape index (κ1) is 15.6. The molecule has 0 aromatic heterocycles. The highest BCUT2D eigenvalue weighted by atomic mass is 16.6. The molecule has 2 rings (SSSR count). The maximum atomic E-state index is 11.7. The molecule has 2 aliphatic rings. The van der Waals surface area contributed by atoms with Crippen LogP contribution in [0.4, 0.5) is 4.79 Å². The number of amides is 1. The predicted octanol–water partition coefficient (Wildman–Crippen LogP) is 1.54. The van der Waals surface area contributed by atoms with Gasteiger partial charge in [0.15, 0.2) is 0 Å². The summed E-state index contributed by atoms with van der Waals surface area (Å²) >= 11 is 0. The number of rotatable bonds is 3. The Hall–Kier alpha value is -0.810. The Bertz CT molecular complexity index is 316. The highest BCUT2D eigenvalue weighted by Gasteiger charge is 2.29. The van der Waals surface area contributed by atoms with E-state index in [-0.39, 0.29) is 6.09 Å². The topological polar surface area (TPSA) is 44.8 Å². The summed E-state index contributed by atoms with van der Waals surface area (Å²) < 4.78 is 5.06. The van der Waals surface area contributed by atoms with E-state index in [1.54, 1.807) is 0 Å². The summed E-state index contributed by atoms with van der Waals surface area (Å²) in [5.74, 6) is 0.705. The van der Waals surface area contributed by atoms with Gasteiger partial charge in [-0.15, -0.1) is 0 Å². The van der Waals surface area contributed by atoms with Crippen LogP contribution in [0.5, 0.6) is 0 Å². The molecule has 1 amide bonds.